The molecule has 0 amide bonds. The van der Waals surface area contributed by atoms with Crippen LogP contribution in [0.25, 0.3) is 38.8 Å². The van der Waals surface area contributed by atoms with Crippen LogP contribution in [0.1, 0.15) is 141 Å². The van der Waals surface area contributed by atoms with Gasteiger partial charge in [-0.05, 0) is 117 Å². The van der Waals surface area contributed by atoms with Gasteiger partial charge in [0.05, 0.1) is 11.0 Å². The largest absolute Gasteiger partial charge is 0.457 e. The molecule has 1 unspecified atom stereocenters. The van der Waals surface area contributed by atoms with Crippen LogP contribution in [0, 0.1) is 6.67 Å². The van der Waals surface area contributed by atoms with E-state index in [0.717, 1.165) is 41.2 Å². The molecule has 2 atom stereocenters. The van der Waals surface area contributed by atoms with Crippen molar-refractivity contribution < 1.29 is 4.74 Å². The second-order valence-electron chi connectivity index (χ2n) is 21.7. The van der Waals surface area contributed by atoms with Crippen molar-refractivity contribution in [3.63, 3.8) is 0 Å². The molecule has 0 spiro atoms. The van der Waals surface area contributed by atoms with Crippen molar-refractivity contribution in [2.24, 2.45) is 0 Å². The van der Waals surface area contributed by atoms with Gasteiger partial charge in [0.2, 0.25) is 11.4 Å². The Kier molecular flexibility index (Phi) is 10.5. The minimum atomic E-state index is -0.0179. The number of ether oxygens (including phenoxy) is 1. The first-order chi connectivity index (χ1) is 31.5. The summed E-state index contributed by atoms with van der Waals surface area (Å²) in [5.41, 5.74) is 16.6. The van der Waals surface area contributed by atoms with Gasteiger partial charge < -0.3 is 4.74 Å². The van der Waals surface area contributed by atoms with Crippen molar-refractivity contribution in [1.82, 2.24) is 18.7 Å². The lowest BCUT2D eigenvalue weighted by atomic mass is 9.84. The monoisotopic (exact) mass is 872 g/mol. The van der Waals surface area contributed by atoms with Crippen LogP contribution in [0.4, 0.5) is 22.7 Å². The normalized spacial score (nSPS) is 18.0. The van der Waals surface area contributed by atoms with E-state index in [1.807, 2.05) is 6.20 Å². The van der Waals surface area contributed by atoms with Crippen LogP contribution in [0.3, 0.4) is 0 Å². The molecule has 2 aliphatic rings. The molecule has 1 saturated heterocycles. The lowest BCUT2D eigenvalue weighted by Gasteiger charge is -2.41. The average molecular weight is 872 g/mol. The molecule has 66 heavy (non-hydrogen) atoms. The van der Waals surface area contributed by atoms with Gasteiger partial charge in [-0.15, -0.1) is 0 Å². The van der Waals surface area contributed by atoms with E-state index in [2.05, 4.69) is 228 Å². The van der Waals surface area contributed by atoms with Crippen molar-refractivity contribution in [3.8, 4) is 28.4 Å². The lowest BCUT2D eigenvalue weighted by molar-refractivity contribution is 0.422. The third-order valence-electron chi connectivity index (χ3n) is 14.7. The molecule has 5 heteroatoms. The predicted molar refractivity (Wildman–Crippen MR) is 280 cm³/mol. The van der Waals surface area contributed by atoms with Crippen molar-refractivity contribution in [2.45, 2.75) is 125 Å². The first-order valence-electron chi connectivity index (χ1n) is 24.4. The maximum absolute atomic E-state index is 7.26. The second-order valence-corrected chi connectivity index (χ2v) is 21.7. The molecule has 0 aliphatic carbocycles. The predicted octanol–water partition coefficient (Wildman–Crippen LogP) is 17.7. The average Bonchev–Trinajstić information content (AvgIpc) is 3.79. The lowest BCUT2D eigenvalue weighted by Crippen LogP contribution is -2.46. The van der Waals surface area contributed by atoms with Crippen LogP contribution in [-0.2, 0) is 10.8 Å². The number of para-hydroxylation sites is 1. The summed E-state index contributed by atoms with van der Waals surface area (Å²) < 4.78 is 10.8. The third kappa shape index (κ3) is 6.84. The number of hydrogen-bond donors (Lipinski definition) is 0. The first kappa shape index (κ1) is 43.9. The number of pyridine rings is 1. The van der Waals surface area contributed by atoms with E-state index < -0.39 is 0 Å². The Balaban J connectivity index is 1.20. The Labute approximate surface area is 393 Å². The molecule has 0 saturated carbocycles. The van der Waals surface area contributed by atoms with Crippen LogP contribution in [0.2, 0.25) is 0 Å². The zero-order chi connectivity index (χ0) is 46.5. The fourth-order valence-electron chi connectivity index (χ4n) is 11.0. The topological polar surface area (TPSA) is 27.1 Å². The van der Waals surface area contributed by atoms with Crippen molar-refractivity contribution >= 4 is 44.6 Å². The molecule has 2 aliphatic heterocycles. The molecule has 8 aromatic rings. The summed E-state index contributed by atoms with van der Waals surface area (Å²) in [6.45, 7) is 30.2. The minimum absolute atomic E-state index is 0.0139. The van der Waals surface area contributed by atoms with Gasteiger partial charge in [0.1, 0.15) is 17.3 Å². The van der Waals surface area contributed by atoms with E-state index in [0.29, 0.717) is 26.9 Å². The van der Waals surface area contributed by atoms with Crippen molar-refractivity contribution in [1.29, 1.82) is 0 Å². The molecule has 2 aromatic heterocycles. The number of benzene rings is 6. The zero-order valence-corrected chi connectivity index (χ0v) is 41.2. The summed E-state index contributed by atoms with van der Waals surface area (Å²) in [4.78, 5) is 4.97. The molecular formula is C61H67N4O+. The van der Waals surface area contributed by atoms with Crippen molar-refractivity contribution in [3.05, 3.63) is 174 Å². The number of hydrogen-bond acceptors (Lipinski definition) is 2. The van der Waals surface area contributed by atoms with Crippen LogP contribution >= 0.6 is 0 Å². The van der Waals surface area contributed by atoms with Gasteiger partial charge in [0.15, 0.2) is 18.0 Å². The van der Waals surface area contributed by atoms with Gasteiger partial charge in [-0.1, -0.05) is 138 Å². The maximum Gasteiger partial charge on any atom is 0.225 e. The first-order valence-corrected chi connectivity index (χ1v) is 24.4. The highest BCUT2D eigenvalue weighted by Gasteiger charge is 2.78. The molecule has 0 radical (unpaired) electrons. The SMILES string of the molecule is CCC(CC)c1ccc2c(c1)[N+]1(c3cc(Oc4ccc5c6ccccc6n(-c6cc(C(C)(C)C)ccn6)c5c4)cc(-c4c(C(C)C)cccc4C(C)C)c3)[CH-][N@+]21c1cccc(C(C)(C)C)c1. The molecule has 5 nitrogen and oxygen atoms in total. The summed E-state index contributed by atoms with van der Waals surface area (Å²) in [6.07, 6.45) is 4.18. The highest BCUT2D eigenvalue weighted by Crippen LogP contribution is 2.76. The third-order valence-corrected chi connectivity index (χ3v) is 14.7. The van der Waals surface area contributed by atoms with Crippen molar-refractivity contribution in [2.75, 3.05) is 0 Å². The van der Waals surface area contributed by atoms with E-state index in [1.54, 1.807) is 0 Å². The Morgan fingerprint density at radius 1 is 0.576 bits per heavy atom. The summed E-state index contributed by atoms with van der Waals surface area (Å²) in [5, 5.41) is 2.37. The molecule has 0 bridgehead atoms. The van der Waals surface area contributed by atoms with Crippen LogP contribution < -0.4 is 13.9 Å². The Morgan fingerprint density at radius 2 is 1.24 bits per heavy atom. The summed E-state index contributed by atoms with van der Waals surface area (Å²) in [6, 6.07) is 50.2. The zero-order valence-electron chi connectivity index (χ0n) is 41.2. The summed E-state index contributed by atoms with van der Waals surface area (Å²) in [5.74, 6) is 3.70. The molecule has 0 N–H and O–H groups in total. The van der Waals surface area contributed by atoms with Crippen LogP contribution in [0.15, 0.2) is 140 Å². The molecule has 10 rings (SSSR count). The quantitative estimate of drug-likeness (QED) is 0.0735. The molecule has 336 valence electrons. The molecule has 6 aromatic carbocycles. The number of quaternary nitrogens is 2. The fraction of sp³-hybridized carbons (Fsp3) is 0.311. The van der Waals surface area contributed by atoms with Gasteiger partial charge in [-0.25, -0.2) is 4.98 Å². The van der Waals surface area contributed by atoms with E-state index in [4.69, 9.17) is 9.72 Å². The Morgan fingerprint density at radius 3 is 1.94 bits per heavy atom. The molecule has 1 fully saturated rings. The summed E-state index contributed by atoms with van der Waals surface area (Å²) >= 11 is 0. The van der Waals surface area contributed by atoms with Crippen LogP contribution in [-0.4, -0.2) is 9.55 Å². The highest BCUT2D eigenvalue weighted by atomic mass is 16.5. The molecule has 4 heterocycles. The van der Waals surface area contributed by atoms with Gasteiger partial charge in [-0.3, -0.25) is 4.57 Å². The Bertz CT molecular complexity index is 3150. The van der Waals surface area contributed by atoms with Gasteiger partial charge >= 0.3 is 0 Å². The summed E-state index contributed by atoms with van der Waals surface area (Å²) in [7, 11) is 0. The minimum Gasteiger partial charge on any atom is -0.457 e. The Hall–Kier alpha value is -6.01. The highest BCUT2D eigenvalue weighted by molar-refractivity contribution is 6.09. The van der Waals surface area contributed by atoms with E-state index in [9.17, 15) is 0 Å². The molecular weight excluding hydrogens is 805 g/mol. The van der Waals surface area contributed by atoms with E-state index >= 15 is 0 Å². The number of aromatic nitrogens is 2. The fourth-order valence-corrected chi connectivity index (χ4v) is 11.0. The van der Waals surface area contributed by atoms with E-state index in [1.165, 1.54) is 72.5 Å². The number of rotatable bonds is 11. The standard InChI is InChI=1S/C61H67N4O/c1-13-41(14-2)42-25-28-56-57(33-42)65(38-64(56,65)46-20-17-19-44(34-46)60(7,8)9)47-31-43(59-50(39(3)4)22-18-23-51(59)40(5)6)32-49(36-47)66-48-26-27-53-52-21-15-16-24-54(52)63(55(53)37-48)58-35-45(29-30-62-58)61(10,11)12/h15-41H,13-14H2,1-12H3/q+1/t64-,65?/m0/s1. The van der Waals surface area contributed by atoms with E-state index in [-0.39, 0.29) is 10.8 Å². The van der Waals surface area contributed by atoms with Gasteiger partial charge in [0, 0.05) is 59.4 Å². The smallest absolute Gasteiger partial charge is 0.225 e. The number of fused-ring (bicyclic) bond motifs is 7. The van der Waals surface area contributed by atoms with Gasteiger partial charge in [-0.2, -0.15) is 9.18 Å². The number of nitrogens with zero attached hydrogens (tertiary/aromatic N) is 4. The van der Waals surface area contributed by atoms with Crippen LogP contribution in [0.5, 0.6) is 11.5 Å². The second kappa shape index (κ2) is 15.8. The van der Waals surface area contributed by atoms with Gasteiger partial charge in [0.25, 0.3) is 0 Å². The maximum atomic E-state index is 7.26.